The second-order valence-corrected chi connectivity index (χ2v) is 8.12. The fourth-order valence-electron chi connectivity index (χ4n) is 1.77. The topological polar surface area (TPSA) is 63.2 Å². The highest BCUT2D eigenvalue weighted by Crippen LogP contribution is 2.40. The first-order valence-corrected chi connectivity index (χ1v) is 8.72. The third-order valence-corrected chi connectivity index (χ3v) is 6.20. The van der Waals surface area contributed by atoms with E-state index in [-0.39, 0.29) is 15.6 Å². The van der Waals surface area contributed by atoms with Crippen LogP contribution in [0.5, 0.6) is 0 Å². The number of sulfonamides is 1. The van der Waals surface area contributed by atoms with Crippen molar-refractivity contribution in [3.8, 4) is 0 Å². The Hall–Kier alpha value is -1.68. The van der Waals surface area contributed by atoms with Crippen LogP contribution in [-0.2, 0) is 15.4 Å². The second kappa shape index (κ2) is 5.75. The molecule has 0 aliphatic rings. The van der Waals surface area contributed by atoms with Gasteiger partial charge in [-0.3, -0.25) is 0 Å². The zero-order valence-corrected chi connectivity index (χ0v) is 14.1. The van der Waals surface area contributed by atoms with Crippen molar-refractivity contribution >= 4 is 26.5 Å². The molecule has 2 aromatic rings. The van der Waals surface area contributed by atoms with E-state index in [1.807, 2.05) is 0 Å². The molecule has 1 aromatic heterocycles. The Morgan fingerprint density at radius 3 is 2.13 bits per heavy atom. The lowest BCUT2D eigenvalue weighted by Crippen LogP contribution is -2.36. The Balaban J connectivity index is 2.36. The second-order valence-electron chi connectivity index (χ2n) is 5.34. The van der Waals surface area contributed by atoms with E-state index in [1.54, 1.807) is 0 Å². The van der Waals surface area contributed by atoms with Crippen molar-refractivity contribution in [2.45, 2.75) is 30.3 Å². The van der Waals surface area contributed by atoms with Gasteiger partial charge in [0.2, 0.25) is 5.13 Å². The lowest BCUT2D eigenvalue weighted by molar-refractivity contribution is -0.180. The fraction of sp³-hybridized carbons (Fsp3) is 0.385. The smallest absolute Gasteiger partial charge is 0.243 e. The summed E-state index contributed by atoms with van der Waals surface area (Å²) in [7, 11) is -2.59. The van der Waals surface area contributed by atoms with Crippen molar-refractivity contribution in [3.63, 3.8) is 0 Å². The lowest BCUT2D eigenvalue weighted by Gasteiger charge is -2.28. The first-order chi connectivity index (χ1) is 10.5. The van der Waals surface area contributed by atoms with Crippen LogP contribution in [0.1, 0.15) is 19.4 Å². The summed E-state index contributed by atoms with van der Waals surface area (Å²) in [4.78, 5) is -0.114. The van der Waals surface area contributed by atoms with Gasteiger partial charge in [0.1, 0.15) is 5.51 Å². The molecule has 0 spiro atoms. The van der Waals surface area contributed by atoms with Crippen LogP contribution in [0, 0.1) is 0 Å². The van der Waals surface area contributed by atoms with Gasteiger partial charge >= 0.3 is 6.18 Å². The van der Waals surface area contributed by atoms with Gasteiger partial charge in [0.25, 0.3) is 10.0 Å². The summed E-state index contributed by atoms with van der Waals surface area (Å²) >= 11 is 1.04. The average Bonchev–Trinajstić information content (AvgIpc) is 2.99. The summed E-state index contributed by atoms with van der Waals surface area (Å²) in [6.07, 6.45) is -4.43. The van der Waals surface area contributed by atoms with Gasteiger partial charge in [-0.05, 0) is 31.5 Å². The van der Waals surface area contributed by atoms with Gasteiger partial charge in [-0.2, -0.15) is 13.2 Å². The molecule has 0 atom stereocenters. The maximum atomic E-state index is 13.0. The molecule has 0 saturated heterocycles. The Morgan fingerprint density at radius 2 is 1.70 bits per heavy atom. The molecule has 23 heavy (non-hydrogen) atoms. The number of hydrogen-bond acceptors (Lipinski definition) is 5. The summed E-state index contributed by atoms with van der Waals surface area (Å²) in [5.41, 5.74) is -0.695. The molecule has 0 amide bonds. The van der Waals surface area contributed by atoms with Gasteiger partial charge in [0.05, 0.1) is 10.3 Å². The Morgan fingerprint density at radius 1 is 1.13 bits per heavy atom. The number of aromatic nitrogens is 2. The SMILES string of the molecule is CN(c1nncs1)S(=O)(=O)c1ccc(C(C)(C)C(F)(F)F)cc1. The van der Waals surface area contributed by atoms with Crippen LogP contribution in [-0.4, -0.2) is 31.8 Å². The van der Waals surface area contributed by atoms with Crippen LogP contribution in [0.3, 0.4) is 0 Å². The molecule has 0 unspecified atom stereocenters. The number of anilines is 1. The van der Waals surface area contributed by atoms with Gasteiger partial charge in [0.15, 0.2) is 0 Å². The van der Waals surface area contributed by atoms with Crippen molar-refractivity contribution < 1.29 is 21.6 Å². The van der Waals surface area contributed by atoms with Crippen molar-refractivity contribution in [2.75, 3.05) is 11.4 Å². The monoisotopic (exact) mass is 365 g/mol. The maximum absolute atomic E-state index is 13.0. The molecule has 0 saturated carbocycles. The van der Waals surface area contributed by atoms with E-state index in [4.69, 9.17) is 0 Å². The average molecular weight is 365 g/mol. The number of hydrogen-bond donors (Lipinski definition) is 0. The fourth-order valence-corrected chi connectivity index (χ4v) is 3.67. The molecular weight excluding hydrogens is 351 g/mol. The van der Waals surface area contributed by atoms with E-state index in [0.29, 0.717) is 0 Å². The minimum absolute atomic E-state index is 0.0116. The molecule has 0 N–H and O–H groups in total. The largest absolute Gasteiger partial charge is 0.397 e. The van der Waals surface area contributed by atoms with E-state index in [2.05, 4.69) is 10.2 Å². The quantitative estimate of drug-likeness (QED) is 0.835. The number of nitrogens with zero attached hydrogens (tertiary/aromatic N) is 3. The van der Waals surface area contributed by atoms with Gasteiger partial charge in [-0.25, -0.2) is 12.7 Å². The van der Waals surface area contributed by atoms with Crippen LogP contribution in [0.4, 0.5) is 18.3 Å². The molecule has 126 valence electrons. The molecule has 5 nitrogen and oxygen atoms in total. The summed E-state index contributed by atoms with van der Waals surface area (Å²) < 4.78 is 64.9. The van der Waals surface area contributed by atoms with Crippen molar-refractivity contribution in [1.82, 2.24) is 10.2 Å². The van der Waals surface area contributed by atoms with Crippen LogP contribution in [0.15, 0.2) is 34.7 Å². The molecular formula is C13H14F3N3O2S2. The zero-order chi connectivity index (χ0) is 17.5. The third kappa shape index (κ3) is 3.18. The predicted octanol–water partition coefficient (Wildman–Crippen LogP) is 3.20. The Labute approximate surface area is 135 Å². The molecule has 0 radical (unpaired) electrons. The maximum Gasteiger partial charge on any atom is 0.397 e. The summed E-state index contributed by atoms with van der Waals surface area (Å²) in [5, 5.41) is 7.40. The molecule has 2 rings (SSSR count). The van der Waals surface area contributed by atoms with Crippen molar-refractivity contribution in [2.24, 2.45) is 0 Å². The van der Waals surface area contributed by atoms with E-state index in [1.165, 1.54) is 24.7 Å². The number of halogens is 3. The predicted molar refractivity (Wildman–Crippen MR) is 81.0 cm³/mol. The minimum atomic E-state index is -4.43. The summed E-state index contributed by atoms with van der Waals surface area (Å²) in [5.74, 6) is 0. The van der Waals surface area contributed by atoms with Gasteiger partial charge in [0, 0.05) is 7.05 Å². The molecule has 0 bridgehead atoms. The lowest BCUT2D eigenvalue weighted by atomic mass is 9.84. The van der Waals surface area contributed by atoms with Gasteiger partial charge < -0.3 is 0 Å². The summed E-state index contributed by atoms with van der Waals surface area (Å²) in [6.45, 7) is 2.09. The van der Waals surface area contributed by atoms with Crippen LogP contribution in [0.25, 0.3) is 0 Å². The third-order valence-electron chi connectivity index (χ3n) is 3.56. The number of benzene rings is 1. The first kappa shape index (κ1) is 17.7. The van der Waals surface area contributed by atoms with Crippen molar-refractivity contribution in [3.05, 3.63) is 35.3 Å². The first-order valence-electron chi connectivity index (χ1n) is 6.40. The zero-order valence-electron chi connectivity index (χ0n) is 12.5. The highest BCUT2D eigenvalue weighted by atomic mass is 32.2. The van der Waals surface area contributed by atoms with Crippen molar-refractivity contribution in [1.29, 1.82) is 0 Å². The van der Waals surface area contributed by atoms with E-state index >= 15 is 0 Å². The number of alkyl halides is 3. The van der Waals surface area contributed by atoms with Gasteiger partial charge in [-0.1, -0.05) is 23.5 Å². The van der Waals surface area contributed by atoms with Crippen LogP contribution in [0.2, 0.25) is 0 Å². The molecule has 0 aliphatic heterocycles. The molecule has 0 aliphatic carbocycles. The van der Waals surface area contributed by atoms with Gasteiger partial charge in [-0.15, -0.1) is 10.2 Å². The van der Waals surface area contributed by atoms with E-state index in [0.717, 1.165) is 41.6 Å². The summed E-state index contributed by atoms with van der Waals surface area (Å²) in [6, 6.07) is 4.67. The van der Waals surface area contributed by atoms with Crippen LogP contribution < -0.4 is 4.31 Å². The van der Waals surface area contributed by atoms with E-state index < -0.39 is 21.6 Å². The van der Waals surface area contributed by atoms with E-state index in [9.17, 15) is 21.6 Å². The molecule has 0 fully saturated rings. The highest BCUT2D eigenvalue weighted by molar-refractivity contribution is 7.93. The minimum Gasteiger partial charge on any atom is -0.243 e. The Kier molecular flexibility index (Phi) is 4.42. The normalized spacial score (nSPS) is 13.1. The number of rotatable bonds is 4. The Bertz CT molecular complexity index is 770. The standard InChI is InChI=1S/C13H14F3N3O2S2/c1-12(2,13(14,15)16)9-4-6-10(7-5-9)23(20,21)19(3)11-18-17-8-22-11/h4-8H,1-3H3. The highest BCUT2D eigenvalue weighted by Gasteiger charge is 2.48. The van der Waals surface area contributed by atoms with Crippen LogP contribution >= 0.6 is 11.3 Å². The molecule has 10 heteroatoms. The molecule has 1 aromatic carbocycles. The molecule has 1 heterocycles.